The minimum atomic E-state index is -0.564. The molecule has 7 heteroatoms. The first-order chi connectivity index (χ1) is 12.7. The Labute approximate surface area is 149 Å². The number of ketones is 1. The molecule has 0 fully saturated rings. The van der Waals surface area contributed by atoms with Crippen LogP contribution in [0.5, 0.6) is 5.75 Å². The fourth-order valence-electron chi connectivity index (χ4n) is 2.98. The highest BCUT2D eigenvalue weighted by molar-refractivity contribution is 6.52. The Morgan fingerprint density at radius 3 is 2.62 bits per heavy atom. The largest absolute Gasteiger partial charge is 0.497 e. The number of aromatic nitrogens is 3. The molecule has 1 aliphatic rings. The van der Waals surface area contributed by atoms with E-state index in [1.165, 1.54) is 12.0 Å². The van der Waals surface area contributed by atoms with Gasteiger partial charge in [-0.2, -0.15) is 0 Å². The summed E-state index contributed by atoms with van der Waals surface area (Å²) >= 11 is 0. The van der Waals surface area contributed by atoms with Crippen LogP contribution in [0, 0.1) is 0 Å². The third-order valence-corrected chi connectivity index (χ3v) is 4.27. The molecule has 1 amide bonds. The molecule has 0 saturated carbocycles. The molecular weight excluding hydrogens is 332 g/mol. The second kappa shape index (κ2) is 6.44. The third kappa shape index (κ3) is 2.83. The average molecular weight is 348 g/mol. The van der Waals surface area contributed by atoms with Gasteiger partial charge in [-0.05, 0) is 23.8 Å². The highest BCUT2D eigenvalue weighted by atomic mass is 16.5. The molecular formula is C19H16N4O3. The smallest absolute Gasteiger partial charge is 0.299 e. The quantitative estimate of drug-likeness (QED) is 0.660. The van der Waals surface area contributed by atoms with Crippen LogP contribution in [-0.2, 0) is 17.9 Å². The van der Waals surface area contributed by atoms with Gasteiger partial charge in [0.2, 0.25) is 0 Å². The molecule has 0 bridgehead atoms. The molecule has 0 spiro atoms. The van der Waals surface area contributed by atoms with Crippen molar-refractivity contribution in [2.45, 2.75) is 13.1 Å². The zero-order valence-electron chi connectivity index (χ0n) is 14.1. The topological polar surface area (TPSA) is 77.3 Å². The van der Waals surface area contributed by atoms with E-state index in [1.54, 1.807) is 29.1 Å². The molecule has 0 N–H and O–H groups in total. The summed E-state index contributed by atoms with van der Waals surface area (Å²) in [7, 11) is 1.52. The van der Waals surface area contributed by atoms with E-state index in [2.05, 4.69) is 10.3 Å². The lowest BCUT2D eigenvalue weighted by Crippen LogP contribution is -2.29. The number of amides is 1. The summed E-state index contributed by atoms with van der Waals surface area (Å²) in [5, 5.41) is 8.23. The molecule has 1 aliphatic heterocycles. The van der Waals surface area contributed by atoms with Crippen LogP contribution < -0.4 is 9.64 Å². The van der Waals surface area contributed by atoms with Crippen LogP contribution in [0.3, 0.4) is 0 Å². The summed E-state index contributed by atoms with van der Waals surface area (Å²) < 4.78 is 6.84. The monoisotopic (exact) mass is 348 g/mol. The zero-order chi connectivity index (χ0) is 18.1. The number of methoxy groups -OCH3 is 1. The Morgan fingerprint density at radius 2 is 1.85 bits per heavy atom. The van der Waals surface area contributed by atoms with Gasteiger partial charge in [-0.15, -0.1) is 5.10 Å². The number of ether oxygens (including phenoxy) is 1. The molecule has 26 heavy (non-hydrogen) atoms. The first-order valence-electron chi connectivity index (χ1n) is 8.13. The molecule has 0 unspecified atom stereocenters. The van der Waals surface area contributed by atoms with E-state index in [-0.39, 0.29) is 6.54 Å². The summed E-state index contributed by atoms with van der Waals surface area (Å²) in [4.78, 5) is 26.0. The third-order valence-electron chi connectivity index (χ3n) is 4.27. The predicted octanol–water partition coefficient (Wildman–Crippen LogP) is 2.06. The van der Waals surface area contributed by atoms with Gasteiger partial charge in [0.15, 0.2) is 0 Å². The van der Waals surface area contributed by atoms with Gasteiger partial charge in [-0.3, -0.25) is 14.5 Å². The van der Waals surface area contributed by atoms with Gasteiger partial charge in [0.05, 0.1) is 37.6 Å². The van der Waals surface area contributed by atoms with Crippen molar-refractivity contribution < 1.29 is 14.3 Å². The van der Waals surface area contributed by atoms with E-state index in [0.717, 1.165) is 5.56 Å². The van der Waals surface area contributed by atoms with Gasteiger partial charge in [-0.25, -0.2) is 4.68 Å². The molecule has 0 radical (unpaired) electrons. The second-order valence-corrected chi connectivity index (χ2v) is 6.00. The van der Waals surface area contributed by atoms with Crippen molar-refractivity contribution in [3.8, 4) is 5.75 Å². The molecule has 0 atom stereocenters. The Hall–Kier alpha value is -3.48. The number of carbonyl (C=O) groups is 2. The van der Waals surface area contributed by atoms with Crippen molar-refractivity contribution in [1.82, 2.24) is 15.0 Å². The molecule has 0 aliphatic carbocycles. The summed E-state index contributed by atoms with van der Waals surface area (Å²) in [6, 6.07) is 14.9. The van der Waals surface area contributed by atoms with Gasteiger partial charge in [0, 0.05) is 0 Å². The molecule has 2 heterocycles. The number of fused-ring (bicyclic) bond motifs is 1. The van der Waals surface area contributed by atoms with Crippen LogP contribution >= 0.6 is 0 Å². The van der Waals surface area contributed by atoms with Crippen LogP contribution in [0.2, 0.25) is 0 Å². The van der Waals surface area contributed by atoms with E-state index >= 15 is 0 Å². The van der Waals surface area contributed by atoms with Crippen molar-refractivity contribution in [2.24, 2.45) is 0 Å². The first kappa shape index (κ1) is 16.0. The van der Waals surface area contributed by atoms with Gasteiger partial charge in [-0.1, -0.05) is 35.5 Å². The Morgan fingerprint density at radius 1 is 1.04 bits per heavy atom. The van der Waals surface area contributed by atoms with Gasteiger partial charge >= 0.3 is 0 Å². The molecule has 7 nitrogen and oxygen atoms in total. The average Bonchev–Trinajstić information content (AvgIpc) is 3.20. The van der Waals surface area contributed by atoms with Crippen LogP contribution in [-0.4, -0.2) is 33.8 Å². The van der Waals surface area contributed by atoms with Crippen LogP contribution in [0.25, 0.3) is 0 Å². The van der Waals surface area contributed by atoms with Gasteiger partial charge in [0.1, 0.15) is 11.4 Å². The van der Waals surface area contributed by atoms with E-state index < -0.39 is 11.7 Å². The standard InChI is InChI=1S/C19H16N4O3/c1-26-15-7-8-17-16(9-15)18(24)19(25)23(17)12-14-11-22(21-20-14)10-13-5-3-2-4-6-13/h2-9,11H,10,12H2,1H3. The Balaban J connectivity index is 1.55. The number of nitrogens with zero attached hydrogens (tertiary/aromatic N) is 4. The van der Waals surface area contributed by atoms with E-state index in [0.29, 0.717) is 29.2 Å². The summed E-state index contributed by atoms with van der Waals surface area (Å²) in [5.41, 5.74) is 2.64. The molecule has 4 rings (SSSR count). The maximum atomic E-state index is 12.3. The molecule has 1 aromatic heterocycles. The summed E-state index contributed by atoms with van der Waals surface area (Å²) in [6.07, 6.45) is 1.78. The van der Waals surface area contributed by atoms with E-state index in [4.69, 9.17) is 4.74 Å². The number of anilines is 1. The zero-order valence-corrected chi connectivity index (χ0v) is 14.1. The maximum absolute atomic E-state index is 12.3. The van der Waals surface area contributed by atoms with E-state index in [9.17, 15) is 9.59 Å². The van der Waals surface area contributed by atoms with Gasteiger partial charge in [0.25, 0.3) is 11.7 Å². The molecule has 130 valence electrons. The lowest BCUT2D eigenvalue weighted by Gasteiger charge is -2.14. The minimum absolute atomic E-state index is 0.193. The molecule has 0 saturated heterocycles. The van der Waals surface area contributed by atoms with Crippen molar-refractivity contribution in [1.29, 1.82) is 0 Å². The summed E-state index contributed by atoms with van der Waals surface area (Å²) in [5.74, 6) is -0.554. The van der Waals surface area contributed by atoms with Crippen molar-refractivity contribution in [3.63, 3.8) is 0 Å². The number of hydrogen-bond acceptors (Lipinski definition) is 5. The minimum Gasteiger partial charge on any atom is -0.497 e. The molecule has 3 aromatic rings. The van der Waals surface area contributed by atoms with Crippen molar-refractivity contribution >= 4 is 17.4 Å². The SMILES string of the molecule is COc1ccc2c(c1)C(=O)C(=O)N2Cc1cn(Cc2ccccc2)nn1. The maximum Gasteiger partial charge on any atom is 0.299 e. The Bertz CT molecular complexity index is 981. The lowest BCUT2D eigenvalue weighted by atomic mass is 10.1. The van der Waals surface area contributed by atoms with Crippen LogP contribution in [0.1, 0.15) is 21.6 Å². The predicted molar refractivity (Wildman–Crippen MR) is 94.1 cm³/mol. The highest BCUT2D eigenvalue weighted by Crippen LogP contribution is 2.32. The normalized spacial score (nSPS) is 13.2. The van der Waals surface area contributed by atoms with Gasteiger partial charge < -0.3 is 4.74 Å². The van der Waals surface area contributed by atoms with Crippen LogP contribution in [0.4, 0.5) is 5.69 Å². The number of Topliss-reactive ketones (excluding diaryl/α,β-unsaturated/α-hetero) is 1. The summed E-state index contributed by atoms with van der Waals surface area (Å²) in [6.45, 7) is 0.785. The second-order valence-electron chi connectivity index (χ2n) is 6.00. The van der Waals surface area contributed by atoms with Crippen LogP contribution in [0.15, 0.2) is 54.7 Å². The highest BCUT2D eigenvalue weighted by Gasteiger charge is 2.36. The number of rotatable bonds is 5. The lowest BCUT2D eigenvalue weighted by molar-refractivity contribution is -0.114. The fraction of sp³-hybridized carbons (Fsp3) is 0.158. The number of hydrogen-bond donors (Lipinski definition) is 0. The van der Waals surface area contributed by atoms with Crippen molar-refractivity contribution in [3.05, 3.63) is 71.5 Å². The fourth-order valence-corrected chi connectivity index (χ4v) is 2.98. The van der Waals surface area contributed by atoms with Crippen molar-refractivity contribution in [2.75, 3.05) is 12.0 Å². The number of carbonyl (C=O) groups excluding carboxylic acids is 2. The molecule has 2 aromatic carbocycles. The number of benzene rings is 2. The first-order valence-corrected chi connectivity index (χ1v) is 8.13. The Kier molecular flexibility index (Phi) is 3.96. The van der Waals surface area contributed by atoms with E-state index in [1.807, 2.05) is 30.3 Å².